The van der Waals surface area contributed by atoms with E-state index in [2.05, 4.69) is 17.3 Å². The van der Waals surface area contributed by atoms with Crippen LogP contribution < -0.4 is 6.15 Å². The molecule has 6 heteroatoms. The number of rotatable bonds is 3. The van der Waals surface area contributed by atoms with Crippen LogP contribution in [0.4, 0.5) is 4.79 Å². The Labute approximate surface area is 165 Å². The molecule has 148 valence electrons. The minimum Gasteiger partial charge on any atom is -0.445 e. The van der Waals surface area contributed by atoms with Gasteiger partial charge in [0.1, 0.15) is 12.2 Å². The highest BCUT2D eigenvalue weighted by molar-refractivity contribution is 6.01. The van der Waals surface area contributed by atoms with Crippen molar-refractivity contribution in [2.75, 3.05) is 13.1 Å². The first-order valence-electron chi connectivity index (χ1n) is 9.50. The molecule has 1 spiro atoms. The molecule has 2 aliphatic heterocycles. The van der Waals surface area contributed by atoms with Gasteiger partial charge < -0.3 is 20.6 Å². The van der Waals surface area contributed by atoms with Gasteiger partial charge in [0.15, 0.2) is 0 Å². The zero-order chi connectivity index (χ0) is 18.5. The monoisotopic (exact) mass is 381 g/mol. The number of benzene rings is 2. The van der Waals surface area contributed by atoms with Crippen molar-refractivity contribution in [2.45, 2.75) is 37.9 Å². The molecule has 1 amide bonds. The predicted molar refractivity (Wildman–Crippen MR) is 108 cm³/mol. The lowest BCUT2D eigenvalue weighted by Gasteiger charge is -2.25. The average Bonchev–Trinajstić information content (AvgIpc) is 3.02. The number of nitrogens with zero attached hydrogens (tertiary/aromatic N) is 2. The first-order valence-corrected chi connectivity index (χ1v) is 9.50. The van der Waals surface area contributed by atoms with Crippen molar-refractivity contribution >= 4 is 11.8 Å². The van der Waals surface area contributed by atoms with Crippen LogP contribution in [0.3, 0.4) is 0 Å². The number of amides is 1. The summed E-state index contributed by atoms with van der Waals surface area (Å²) in [6.07, 6.45) is 3.10. The normalized spacial score (nSPS) is 21.3. The Morgan fingerprint density at radius 2 is 1.75 bits per heavy atom. The largest absolute Gasteiger partial charge is 0.445 e. The van der Waals surface area contributed by atoms with Crippen LogP contribution in [-0.4, -0.2) is 35.4 Å². The number of hydrogen-bond acceptors (Lipinski definition) is 5. The first kappa shape index (κ1) is 19.9. The van der Waals surface area contributed by atoms with Crippen LogP contribution in [0.1, 0.15) is 36.8 Å². The third kappa shape index (κ3) is 4.51. The molecule has 1 fully saturated rings. The highest BCUT2D eigenvalue weighted by Crippen LogP contribution is 2.36. The van der Waals surface area contributed by atoms with Crippen LogP contribution in [0.25, 0.3) is 0 Å². The van der Waals surface area contributed by atoms with Gasteiger partial charge in [0, 0.05) is 25.9 Å². The third-order valence-electron chi connectivity index (χ3n) is 5.31. The molecular weight excluding hydrogens is 354 g/mol. The summed E-state index contributed by atoms with van der Waals surface area (Å²) in [6.45, 7) is 1.63. The maximum atomic E-state index is 12.4. The molecule has 6 nitrogen and oxygen atoms in total. The van der Waals surface area contributed by atoms with Crippen LogP contribution in [0.5, 0.6) is 0 Å². The standard InChI is InChI=1S/C22H24N2O3.H3N/c25-21(26-17-18-8-3-1-4-9-18)24-14-7-12-22(13-15-24)16-20(23-27-22)19-10-5-2-6-11-19;/h1-6,8-11H,7,12-17H2;1H3. The lowest BCUT2D eigenvalue weighted by atomic mass is 9.88. The van der Waals surface area contributed by atoms with E-state index < -0.39 is 0 Å². The Hall–Kier alpha value is -2.86. The van der Waals surface area contributed by atoms with Crippen LogP contribution in [-0.2, 0) is 16.2 Å². The van der Waals surface area contributed by atoms with E-state index in [4.69, 9.17) is 9.57 Å². The summed E-state index contributed by atoms with van der Waals surface area (Å²) in [4.78, 5) is 20.1. The van der Waals surface area contributed by atoms with Crippen LogP contribution >= 0.6 is 0 Å². The maximum absolute atomic E-state index is 12.4. The van der Waals surface area contributed by atoms with E-state index in [9.17, 15) is 4.79 Å². The van der Waals surface area contributed by atoms with Crippen molar-refractivity contribution in [3.63, 3.8) is 0 Å². The second-order valence-corrected chi connectivity index (χ2v) is 7.24. The van der Waals surface area contributed by atoms with Gasteiger partial charge in [-0.15, -0.1) is 0 Å². The minimum atomic E-state index is -0.292. The first-order chi connectivity index (χ1) is 13.2. The van der Waals surface area contributed by atoms with E-state index in [0.717, 1.165) is 42.5 Å². The number of likely N-dealkylation sites (tertiary alicyclic amines) is 1. The fraction of sp³-hybridized carbons (Fsp3) is 0.364. The summed E-state index contributed by atoms with van der Waals surface area (Å²) in [5, 5.41) is 4.35. The fourth-order valence-electron chi connectivity index (χ4n) is 3.74. The molecular formula is C22H27N3O3. The molecule has 0 saturated carbocycles. The molecule has 0 bridgehead atoms. The number of oxime groups is 1. The topological polar surface area (TPSA) is 86.1 Å². The molecule has 0 radical (unpaired) electrons. The molecule has 2 aromatic rings. The van der Waals surface area contributed by atoms with Crippen molar-refractivity contribution < 1.29 is 14.4 Å². The molecule has 28 heavy (non-hydrogen) atoms. The zero-order valence-electron chi connectivity index (χ0n) is 16.0. The Bertz CT molecular complexity index is 810. The van der Waals surface area contributed by atoms with Crippen molar-refractivity contribution in [3.05, 3.63) is 71.8 Å². The number of hydrogen-bond donors (Lipinski definition) is 1. The van der Waals surface area contributed by atoms with Gasteiger partial charge in [0.2, 0.25) is 0 Å². The van der Waals surface area contributed by atoms with E-state index in [-0.39, 0.29) is 17.8 Å². The Kier molecular flexibility index (Phi) is 6.31. The van der Waals surface area contributed by atoms with Crippen molar-refractivity contribution in [1.29, 1.82) is 0 Å². The van der Waals surface area contributed by atoms with Gasteiger partial charge in [0.25, 0.3) is 0 Å². The van der Waals surface area contributed by atoms with E-state index in [1.54, 1.807) is 4.90 Å². The van der Waals surface area contributed by atoms with Crippen molar-refractivity contribution in [2.24, 2.45) is 5.16 Å². The summed E-state index contributed by atoms with van der Waals surface area (Å²) < 4.78 is 5.48. The molecule has 1 saturated heterocycles. The second kappa shape index (κ2) is 8.89. The predicted octanol–water partition coefficient (Wildman–Crippen LogP) is 4.53. The summed E-state index contributed by atoms with van der Waals surface area (Å²) in [6, 6.07) is 19.9. The molecule has 1 unspecified atom stereocenters. The SMILES string of the molecule is N.O=C(OCc1ccccc1)N1CCCC2(CC1)CC(c1ccccc1)=NO2. The molecule has 1 atom stereocenters. The van der Waals surface area contributed by atoms with Crippen LogP contribution in [0.15, 0.2) is 65.8 Å². The van der Waals surface area contributed by atoms with E-state index in [1.807, 2.05) is 48.5 Å². The average molecular weight is 381 g/mol. The van der Waals surface area contributed by atoms with E-state index in [0.29, 0.717) is 19.7 Å². The summed E-state index contributed by atoms with van der Waals surface area (Å²) in [7, 11) is 0. The minimum absolute atomic E-state index is 0. The molecule has 2 heterocycles. The van der Waals surface area contributed by atoms with E-state index >= 15 is 0 Å². The van der Waals surface area contributed by atoms with Gasteiger partial charge in [-0.1, -0.05) is 65.8 Å². The smallest absolute Gasteiger partial charge is 0.410 e. The van der Waals surface area contributed by atoms with Gasteiger partial charge >= 0.3 is 6.09 Å². The Morgan fingerprint density at radius 3 is 2.50 bits per heavy atom. The lowest BCUT2D eigenvalue weighted by Crippen LogP contribution is -2.35. The van der Waals surface area contributed by atoms with Gasteiger partial charge in [-0.05, 0) is 24.0 Å². The molecule has 0 aliphatic carbocycles. The number of ether oxygens (including phenoxy) is 1. The molecule has 4 rings (SSSR count). The summed E-state index contributed by atoms with van der Waals surface area (Å²) >= 11 is 0. The Balaban J connectivity index is 0.00000225. The van der Waals surface area contributed by atoms with Gasteiger partial charge in [0.05, 0.1) is 5.71 Å². The number of carbonyl (C=O) groups excluding carboxylic acids is 1. The molecule has 2 aromatic carbocycles. The number of carbonyl (C=O) groups is 1. The van der Waals surface area contributed by atoms with Gasteiger partial charge in [-0.25, -0.2) is 4.79 Å². The summed E-state index contributed by atoms with van der Waals surface area (Å²) in [5.74, 6) is 0. The molecule has 3 N–H and O–H groups in total. The van der Waals surface area contributed by atoms with Gasteiger partial charge in [-0.3, -0.25) is 0 Å². The van der Waals surface area contributed by atoms with Crippen LogP contribution in [0.2, 0.25) is 0 Å². The van der Waals surface area contributed by atoms with Crippen molar-refractivity contribution in [3.8, 4) is 0 Å². The molecule has 2 aliphatic rings. The lowest BCUT2D eigenvalue weighted by molar-refractivity contribution is -0.0291. The highest BCUT2D eigenvalue weighted by atomic mass is 16.7. The van der Waals surface area contributed by atoms with E-state index in [1.165, 1.54) is 0 Å². The van der Waals surface area contributed by atoms with Crippen LogP contribution in [0, 0.1) is 0 Å². The second-order valence-electron chi connectivity index (χ2n) is 7.24. The summed E-state index contributed by atoms with van der Waals surface area (Å²) in [5.41, 5.74) is 2.81. The quantitative estimate of drug-likeness (QED) is 0.846. The molecule has 0 aromatic heterocycles. The zero-order valence-corrected chi connectivity index (χ0v) is 16.0. The highest BCUT2D eigenvalue weighted by Gasteiger charge is 2.41. The third-order valence-corrected chi connectivity index (χ3v) is 5.31. The van der Waals surface area contributed by atoms with Gasteiger partial charge in [-0.2, -0.15) is 0 Å². The maximum Gasteiger partial charge on any atom is 0.410 e. The fourth-order valence-corrected chi connectivity index (χ4v) is 3.74. The Morgan fingerprint density at radius 1 is 1.04 bits per heavy atom. The van der Waals surface area contributed by atoms with Crippen molar-refractivity contribution in [1.82, 2.24) is 11.1 Å².